The van der Waals surface area contributed by atoms with E-state index in [0.717, 1.165) is 25.0 Å². The summed E-state index contributed by atoms with van der Waals surface area (Å²) in [7, 11) is 1.99. The van der Waals surface area contributed by atoms with Crippen molar-refractivity contribution in [2.24, 2.45) is 0 Å². The lowest BCUT2D eigenvalue weighted by Crippen LogP contribution is -2.21. The van der Waals surface area contributed by atoms with Gasteiger partial charge in [0.25, 0.3) is 0 Å². The van der Waals surface area contributed by atoms with Crippen LogP contribution in [0.5, 0.6) is 5.75 Å². The normalized spacial score (nSPS) is 12.3. The quantitative estimate of drug-likeness (QED) is 0.809. The Kier molecular flexibility index (Phi) is 5.75. The zero-order valence-electron chi connectivity index (χ0n) is 12.9. The number of nitrogens with one attached hydrogen (secondary N) is 1. The van der Waals surface area contributed by atoms with Crippen molar-refractivity contribution < 1.29 is 9.26 Å². The summed E-state index contributed by atoms with van der Waals surface area (Å²) in [5.74, 6) is 2.05. The molecule has 0 aliphatic carbocycles. The van der Waals surface area contributed by atoms with Gasteiger partial charge in [0.1, 0.15) is 5.75 Å². The van der Waals surface area contributed by atoms with Crippen molar-refractivity contribution in [2.75, 3.05) is 7.05 Å². The monoisotopic (exact) mass is 289 g/mol. The van der Waals surface area contributed by atoms with Crippen molar-refractivity contribution in [3.63, 3.8) is 0 Å². The Bertz CT molecular complexity index is 537. The van der Waals surface area contributed by atoms with E-state index < -0.39 is 0 Å². The van der Waals surface area contributed by atoms with E-state index in [4.69, 9.17) is 9.26 Å². The molecule has 2 rings (SSSR count). The maximum atomic E-state index is 5.65. The minimum Gasteiger partial charge on any atom is -0.485 e. The highest BCUT2D eigenvalue weighted by Gasteiger charge is 2.05. The first kappa shape index (κ1) is 15.5. The van der Waals surface area contributed by atoms with Gasteiger partial charge in [-0.1, -0.05) is 24.2 Å². The van der Waals surface area contributed by atoms with Crippen LogP contribution >= 0.6 is 0 Å². The van der Waals surface area contributed by atoms with Crippen molar-refractivity contribution >= 4 is 0 Å². The van der Waals surface area contributed by atoms with Crippen LogP contribution in [-0.4, -0.2) is 23.2 Å². The van der Waals surface area contributed by atoms with Gasteiger partial charge >= 0.3 is 0 Å². The Morgan fingerprint density at radius 1 is 1.29 bits per heavy atom. The summed E-state index contributed by atoms with van der Waals surface area (Å²) < 4.78 is 10.7. The van der Waals surface area contributed by atoms with E-state index in [0.29, 0.717) is 24.4 Å². The summed E-state index contributed by atoms with van der Waals surface area (Å²) in [4.78, 5) is 4.21. The number of ether oxygens (including phenoxy) is 1. The highest BCUT2D eigenvalue weighted by molar-refractivity contribution is 5.27. The molecule has 0 bridgehead atoms. The van der Waals surface area contributed by atoms with E-state index in [9.17, 15) is 0 Å². The molecule has 21 heavy (non-hydrogen) atoms. The van der Waals surface area contributed by atoms with Crippen LogP contribution in [0.3, 0.4) is 0 Å². The van der Waals surface area contributed by atoms with Crippen molar-refractivity contribution in [2.45, 2.75) is 45.8 Å². The SMILES string of the molecule is CCc1nc(COc2ccc(CCC(C)NC)cc2)no1. The third-order valence-electron chi connectivity index (χ3n) is 3.46. The number of nitrogens with zero attached hydrogens (tertiary/aromatic N) is 2. The molecule has 5 nitrogen and oxygen atoms in total. The van der Waals surface area contributed by atoms with Crippen molar-refractivity contribution in [3.05, 3.63) is 41.5 Å². The van der Waals surface area contributed by atoms with Gasteiger partial charge in [-0.2, -0.15) is 4.98 Å². The van der Waals surface area contributed by atoms with Crippen LogP contribution in [0.25, 0.3) is 0 Å². The zero-order chi connectivity index (χ0) is 15.1. The molecule has 0 spiro atoms. The second kappa shape index (κ2) is 7.78. The minimum atomic E-state index is 0.333. The number of benzene rings is 1. The molecule has 0 fully saturated rings. The van der Waals surface area contributed by atoms with E-state index in [1.807, 2.05) is 26.1 Å². The third-order valence-corrected chi connectivity index (χ3v) is 3.46. The molecule has 0 amide bonds. The minimum absolute atomic E-state index is 0.333. The first-order chi connectivity index (χ1) is 10.2. The molecule has 0 saturated heterocycles. The maximum Gasteiger partial charge on any atom is 0.226 e. The molecule has 1 atom stereocenters. The predicted molar refractivity (Wildman–Crippen MR) is 81.3 cm³/mol. The van der Waals surface area contributed by atoms with Gasteiger partial charge < -0.3 is 14.6 Å². The van der Waals surface area contributed by atoms with Gasteiger partial charge in [0.05, 0.1) is 0 Å². The fourth-order valence-corrected chi connectivity index (χ4v) is 1.92. The average molecular weight is 289 g/mol. The van der Waals surface area contributed by atoms with Crippen LogP contribution in [0.4, 0.5) is 0 Å². The molecule has 114 valence electrons. The summed E-state index contributed by atoms with van der Waals surface area (Å²) in [6.07, 6.45) is 2.93. The second-order valence-corrected chi connectivity index (χ2v) is 5.12. The smallest absolute Gasteiger partial charge is 0.226 e. The van der Waals surface area contributed by atoms with Gasteiger partial charge in [-0.25, -0.2) is 0 Å². The molecule has 5 heteroatoms. The van der Waals surface area contributed by atoms with Gasteiger partial charge in [0.15, 0.2) is 6.61 Å². The van der Waals surface area contributed by atoms with Gasteiger partial charge in [-0.3, -0.25) is 0 Å². The standard InChI is InChI=1S/C16H23N3O2/c1-4-16-18-15(19-21-16)11-20-14-9-7-13(8-10-14)6-5-12(2)17-3/h7-10,12,17H,4-6,11H2,1-3H3. The average Bonchev–Trinajstić information content (AvgIpc) is 2.99. The van der Waals surface area contributed by atoms with Crippen molar-refractivity contribution in [1.82, 2.24) is 15.5 Å². The molecule has 1 N–H and O–H groups in total. The lowest BCUT2D eigenvalue weighted by atomic mass is 10.1. The lowest BCUT2D eigenvalue weighted by Gasteiger charge is -2.10. The molecule has 0 aliphatic rings. The van der Waals surface area contributed by atoms with E-state index in [1.54, 1.807) is 0 Å². The molecule has 1 aromatic carbocycles. The number of aromatic nitrogens is 2. The fraction of sp³-hybridized carbons (Fsp3) is 0.500. The second-order valence-electron chi connectivity index (χ2n) is 5.12. The Hall–Kier alpha value is -1.88. The van der Waals surface area contributed by atoms with Gasteiger partial charge in [0, 0.05) is 12.5 Å². The number of rotatable bonds is 8. The van der Waals surface area contributed by atoms with Crippen LogP contribution in [-0.2, 0) is 19.4 Å². The number of hydrogen-bond donors (Lipinski definition) is 1. The lowest BCUT2D eigenvalue weighted by molar-refractivity contribution is 0.285. The summed E-state index contributed by atoms with van der Waals surface area (Å²) in [6.45, 7) is 4.50. The first-order valence-corrected chi connectivity index (χ1v) is 7.41. The van der Waals surface area contributed by atoms with Crippen LogP contribution in [0, 0.1) is 0 Å². The molecule has 0 aliphatic heterocycles. The molecular weight excluding hydrogens is 266 g/mol. The van der Waals surface area contributed by atoms with E-state index in [2.05, 4.69) is 34.5 Å². The van der Waals surface area contributed by atoms with Crippen molar-refractivity contribution in [1.29, 1.82) is 0 Å². The van der Waals surface area contributed by atoms with Crippen LogP contribution < -0.4 is 10.1 Å². The van der Waals surface area contributed by atoms with E-state index in [-0.39, 0.29) is 0 Å². The largest absolute Gasteiger partial charge is 0.485 e. The fourth-order valence-electron chi connectivity index (χ4n) is 1.92. The van der Waals surface area contributed by atoms with Crippen LogP contribution in [0.15, 0.2) is 28.8 Å². The third kappa shape index (κ3) is 4.86. The zero-order valence-corrected chi connectivity index (χ0v) is 12.9. The molecule has 1 aromatic heterocycles. The molecule has 0 radical (unpaired) electrons. The molecule has 1 heterocycles. The Morgan fingerprint density at radius 3 is 2.67 bits per heavy atom. The summed E-state index contributed by atoms with van der Waals surface area (Å²) in [5.41, 5.74) is 1.32. The van der Waals surface area contributed by atoms with Gasteiger partial charge in [-0.05, 0) is 44.5 Å². The highest BCUT2D eigenvalue weighted by Crippen LogP contribution is 2.15. The first-order valence-electron chi connectivity index (χ1n) is 7.41. The molecule has 0 saturated carbocycles. The highest BCUT2D eigenvalue weighted by atomic mass is 16.5. The summed E-state index contributed by atoms with van der Waals surface area (Å²) in [5, 5.41) is 7.10. The Morgan fingerprint density at radius 2 is 2.05 bits per heavy atom. The Balaban J connectivity index is 1.81. The number of hydrogen-bond acceptors (Lipinski definition) is 5. The maximum absolute atomic E-state index is 5.65. The van der Waals surface area contributed by atoms with E-state index >= 15 is 0 Å². The Labute approximate surface area is 125 Å². The van der Waals surface area contributed by atoms with Gasteiger partial charge in [-0.15, -0.1) is 0 Å². The van der Waals surface area contributed by atoms with Crippen molar-refractivity contribution in [3.8, 4) is 5.75 Å². The summed E-state index contributed by atoms with van der Waals surface area (Å²) in [6, 6.07) is 8.71. The predicted octanol–water partition coefficient (Wildman–Crippen LogP) is 2.75. The van der Waals surface area contributed by atoms with Crippen LogP contribution in [0.1, 0.15) is 37.5 Å². The van der Waals surface area contributed by atoms with Gasteiger partial charge in [0.2, 0.25) is 11.7 Å². The van der Waals surface area contributed by atoms with E-state index in [1.165, 1.54) is 5.56 Å². The molecule has 1 unspecified atom stereocenters. The molecule has 2 aromatic rings. The van der Waals surface area contributed by atoms with Crippen LogP contribution in [0.2, 0.25) is 0 Å². The number of aryl methyl sites for hydroxylation is 2. The molecular formula is C16H23N3O2. The summed E-state index contributed by atoms with van der Waals surface area (Å²) >= 11 is 0. The topological polar surface area (TPSA) is 60.2 Å².